The fourth-order valence-corrected chi connectivity index (χ4v) is 1.64. The summed E-state index contributed by atoms with van der Waals surface area (Å²) in [5, 5.41) is 8.74. The first kappa shape index (κ1) is 11.6. The number of carbonyl (C=O) groups is 1. The molecule has 17 heavy (non-hydrogen) atoms. The summed E-state index contributed by atoms with van der Waals surface area (Å²) in [6.07, 6.45) is 0. The van der Waals surface area contributed by atoms with Gasteiger partial charge >= 0.3 is 0 Å². The maximum atomic E-state index is 11.8. The Labute approximate surface area is 106 Å². The number of carbonyl (C=O) groups excluding carboxylic acids is 1. The highest BCUT2D eigenvalue weighted by Gasteiger charge is 2.12. The summed E-state index contributed by atoms with van der Waals surface area (Å²) >= 11 is 3.35. The number of anilines is 2. The normalized spacial score (nSPS) is 10.2. The molecule has 0 spiro atoms. The van der Waals surface area contributed by atoms with Crippen LogP contribution in [-0.2, 0) is 0 Å². The van der Waals surface area contributed by atoms with Gasteiger partial charge in [-0.25, -0.2) is 0 Å². The molecule has 1 amide bonds. The van der Waals surface area contributed by atoms with E-state index in [0.717, 1.165) is 10.0 Å². The van der Waals surface area contributed by atoms with Crippen LogP contribution in [-0.4, -0.2) is 21.1 Å². The number of hydrogen-bond acceptors (Lipinski definition) is 4. The van der Waals surface area contributed by atoms with Crippen molar-refractivity contribution in [3.8, 4) is 0 Å². The largest absolute Gasteiger partial charge is 0.366 e. The summed E-state index contributed by atoms with van der Waals surface area (Å²) in [6.45, 7) is 1.94. The fourth-order valence-electron chi connectivity index (χ4n) is 1.29. The van der Waals surface area contributed by atoms with E-state index >= 15 is 0 Å². The minimum atomic E-state index is -0.388. The summed E-state index contributed by atoms with van der Waals surface area (Å²) in [5.74, 6) is -0.269. The summed E-state index contributed by atoms with van der Waals surface area (Å²) in [4.78, 5) is 15.5. The number of nitrogens with two attached hydrogens (primary N) is 1. The standard InChI is InChI=1S/C10H10BrN5O/c1-5-2-3-6(11)7(4-5)13-9(17)8-14-10(12)16-15-8/h2-4H,1H3,(H,13,17)(H3,12,14,15,16). The van der Waals surface area contributed by atoms with Gasteiger partial charge in [-0.2, -0.15) is 4.98 Å². The zero-order chi connectivity index (χ0) is 12.4. The molecule has 0 saturated heterocycles. The van der Waals surface area contributed by atoms with Gasteiger partial charge in [0.05, 0.1) is 5.69 Å². The third kappa shape index (κ3) is 2.62. The van der Waals surface area contributed by atoms with Crippen molar-refractivity contribution in [3.05, 3.63) is 34.1 Å². The average Bonchev–Trinajstić information content (AvgIpc) is 2.70. The van der Waals surface area contributed by atoms with E-state index in [1.54, 1.807) is 0 Å². The molecule has 0 radical (unpaired) electrons. The quantitative estimate of drug-likeness (QED) is 0.786. The van der Waals surface area contributed by atoms with Crippen LogP contribution < -0.4 is 11.1 Å². The number of nitrogens with zero attached hydrogens (tertiary/aromatic N) is 2. The minimum absolute atomic E-state index is 0.0402. The molecule has 2 aromatic rings. The zero-order valence-electron chi connectivity index (χ0n) is 8.99. The highest BCUT2D eigenvalue weighted by molar-refractivity contribution is 9.10. The van der Waals surface area contributed by atoms with Crippen LogP contribution in [0.25, 0.3) is 0 Å². The van der Waals surface area contributed by atoms with Gasteiger partial charge in [0.15, 0.2) is 0 Å². The number of nitrogen functional groups attached to an aromatic ring is 1. The third-order valence-electron chi connectivity index (χ3n) is 2.09. The van der Waals surface area contributed by atoms with Gasteiger partial charge in [0, 0.05) is 4.47 Å². The van der Waals surface area contributed by atoms with E-state index in [9.17, 15) is 4.79 Å². The summed E-state index contributed by atoms with van der Waals surface area (Å²) in [7, 11) is 0. The van der Waals surface area contributed by atoms with E-state index in [2.05, 4.69) is 36.4 Å². The van der Waals surface area contributed by atoms with Gasteiger partial charge < -0.3 is 11.1 Å². The van der Waals surface area contributed by atoms with Crippen molar-refractivity contribution in [1.82, 2.24) is 15.2 Å². The molecule has 6 nitrogen and oxygen atoms in total. The molecule has 0 aliphatic carbocycles. The predicted molar refractivity (Wildman–Crippen MR) is 67.6 cm³/mol. The van der Waals surface area contributed by atoms with E-state index in [4.69, 9.17) is 5.73 Å². The number of aromatic nitrogens is 3. The number of amides is 1. The van der Waals surface area contributed by atoms with Gasteiger partial charge in [-0.15, -0.1) is 5.10 Å². The molecule has 0 aliphatic heterocycles. The lowest BCUT2D eigenvalue weighted by atomic mass is 10.2. The van der Waals surface area contributed by atoms with E-state index in [-0.39, 0.29) is 17.7 Å². The van der Waals surface area contributed by atoms with Crippen LogP contribution in [0.5, 0.6) is 0 Å². The second-order valence-corrected chi connectivity index (χ2v) is 4.33. The number of hydrogen-bond donors (Lipinski definition) is 3. The lowest BCUT2D eigenvalue weighted by Crippen LogP contribution is -2.14. The number of rotatable bonds is 2. The van der Waals surface area contributed by atoms with Crippen LogP contribution in [0.15, 0.2) is 22.7 Å². The van der Waals surface area contributed by atoms with Gasteiger partial charge in [-0.3, -0.25) is 9.89 Å². The summed E-state index contributed by atoms with van der Waals surface area (Å²) in [5.41, 5.74) is 7.03. The van der Waals surface area contributed by atoms with E-state index in [1.807, 2.05) is 25.1 Å². The van der Waals surface area contributed by atoms with Crippen molar-refractivity contribution in [2.24, 2.45) is 0 Å². The first-order chi connectivity index (χ1) is 8.06. The van der Waals surface area contributed by atoms with E-state index < -0.39 is 0 Å². The molecule has 1 heterocycles. The van der Waals surface area contributed by atoms with Crippen molar-refractivity contribution in [1.29, 1.82) is 0 Å². The van der Waals surface area contributed by atoms with Crippen molar-refractivity contribution in [2.75, 3.05) is 11.1 Å². The topological polar surface area (TPSA) is 96.7 Å². The summed E-state index contributed by atoms with van der Waals surface area (Å²) in [6, 6.07) is 5.65. The number of benzene rings is 1. The molecular weight excluding hydrogens is 286 g/mol. The molecule has 0 atom stereocenters. The first-order valence-electron chi connectivity index (χ1n) is 4.81. The highest BCUT2D eigenvalue weighted by Crippen LogP contribution is 2.23. The van der Waals surface area contributed by atoms with E-state index in [1.165, 1.54) is 0 Å². The number of nitrogens with one attached hydrogen (secondary N) is 2. The zero-order valence-corrected chi connectivity index (χ0v) is 10.6. The van der Waals surface area contributed by atoms with Crippen LogP contribution in [0.3, 0.4) is 0 Å². The Bertz CT molecular complexity index is 566. The molecule has 0 saturated carbocycles. The Morgan fingerprint density at radius 3 is 2.94 bits per heavy atom. The number of aromatic amines is 1. The van der Waals surface area contributed by atoms with Crippen LogP contribution in [0, 0.1) is 6.92 Å². The predicted octanol–water partition coefficient (Wildman–Crippen LogP) is 1.71. The SMILES string of the molecule is Cc1ccc(Br)c(NC(=O)c2nc(N)n[nH]2)c1. The second kappa shape index (κ2) is 4.54. The highest BCUT2D eigenvalue weighted by atomic mass is 79.9. The Morgan fingerprint density at radius 1 is 1.53 bits per heavy atom. The fraction of sp³-hybridized carbons (Fsp3) is 0.100. The van der Waals surface area contributed by atoms with Crippen molar-refractivity contribution < 1.29 is 4.79 Å². The van der Waals surface area contributed by atoms with Crippen LogP contribution in [0.4, 0.5) is 11.6 Å². The van der Waals surface area contributed by atoms with Gasteiger partial charge in [-0.1, -0.05) is 6.07 Å². The molecule has 2 rings (SSSR count). The van der Waals surface area contributed by atoms with Crippen LogP contribution in [0.1, 0.15) is 16.2 Å². The van der Waals surface area contributed by atoms with Gasteiger partial charge in [0.2, 0.25) is 11.8 Å². The molecule has 88 valence electrons. The Morgan fingerprint density at radius 2 is 2.29 bits per heavy atom. The van der Waals surface area contributed by atoms with E-state index in [0.29, 0.717) is 5.69 Å². The second-order valence-electron chi connectivity index (χ2n) is 3.48. The molecule has 1 aromatic heterocycles. The maximum Gasteiger partial charge on any atom is 0.293 e. The van der Waals surface area contributed by atoms with Crippen LogP contribution >= 0.6 is 15.9 Å². The molecule has 0 fully saturated rings. The van der Waals surface area contributed by atoms with Gasteiger partial charge in [-0.05, 0) is 40.5 Å². The minimum Gasteiger partial charge on any atom is -0.366 e. The van der Waals surface area contributed by atoms with Gasteiger partial charge in [0.1, 0.15) is 0 Å². The van der Waals surface area contributed by atoms with Crippen molar-refractivity contribution >= 4 is 33.5 Å². The van der Waals surface area contributed by atoms with Crippen molar-refractivity contribution in [2.45, 2.75) is 6.92 Å². The van der Waals surface area contributed by atoms with Crippen molar-refractivity contribution in [3.63, 3.8) is 0 Å². The number of aryl methyl sites for hydroxylation is 1. The molecule has 0 unspecified atom stereocenters. The smallest absolute Gasteiger partial charge is 0.293 e. The Kier molecular flexibility index (Phi) is 3.10. The van der Waals surface area contributed by atoms with Gasteiger partial charge in [0.25, 0.3) is 5.91 Å². The maximum absolute atomic E-state index is 11.8. The number of H-pyrrole nitrogens is 1. The summed E-state index contributed by atoms with van der Waals surface area (Å²) < 4.78 is 0.795. The molecule has 0 bridgehead atoms. The number of halogens is 1. The lowest BCUT2D eigenvalue weighted by Gasteiger charge is -2.06. The molecular formula is C10H10BrN5O. The average molecular weight is 296 g/mol. The first-order valence-corrected chi connectivity index (χ1v) is 5.61. The Balaban J connectivity index is 2.21. The molecule has 1 aromatic carbocycles. The molecule has 7 heteroatoms. The molecule has 0 aliphatic rings. The van der Waals surface area contributed by atoms with Crippen LogP contribution in [0.2, 0.25) is 0 Å². The monoisotopic (exact) mass is 295 g/mol. The Hall–Kier alpha value is -1.89. The lowest BCUT2D eigenvalue weighted by molar-refractivity contribution is 0.101. The molecule has 4 N–H and O–H groups in total. The third-order valence-corrected chi connectivity index (χ3v) is 2.78.